The lowest BCUT2D eigenvalue weighted by Crippen LogP contribution is -3.00. The minimum atomic E-state index is -3.76. The fourth-order valence-electron chi connectivity index (χ4n) is 4.15. The molecular formula is C24H21ClN2O2S. The first-order valence-corrected chi connectivity index (χ1v) is 11.1. The van der Waals surface area contributed by atoms with E-state index in [9.17, 15) is 8.42 Å². The maximum atomic E-state index is 13.7. The van der Waals surface area contributed by atoms with Crippen molar-refractivity contribution >= 4 is 42.9 Å². The van der Waals surface area contributed by atoms with Crippen molar-refractivity contribution < 1.29 is 25.4 Å². The maximum Gasteiger partial charge on any atom is 0.268 e. The van der Waals surface area contributed by atoms with Crippen LogP contribution >= 0.6 is 0 Å². The Balaban J connectivity index is 0.00000218. The first-order chi connectivity index (χ1) is 14.0. The SMILES string of the molecule is CC[n+]1c2ccccc2cc2c1c1ccccc1n2S(=O)(=O)c1ccc(C)cc1.[Cl-]. The third-order valence-corrected chi connectivity index (χ3v) is 7.25. The number of benzene rings is 3. The van der Waals surface area contributed by atoms with Gasteiger partial charge in [-0.05, 0) is 50.2 Å². The predicted octanol–water partition coefficient (Wildman–Crippen LogP) is 1.80. The number of para-hydroxylation sites is 2. The van der Waals surface area contributed by atoms with Crippen molar-refractivity contribution in [2.24, 2.45) is 0 Å². The molecule has 0 N–H and O–H groups in total. The van der Waals surface area contributed by atoms with Crippen LogP contribution in [0.15, 0.2) is 83.8 Å². The Bertz CT molecular complexity index is 1500. The molecule has 0 bridgehead atoms. The number of hydrogen-bond acceptors (Lipinski definition) is 2. The maximum absolute atomic E-state index is 13.7. The highest BCUT2D eigenvalue weighted by atomic mass is 35.5. The van der Waals surface area contributed by atoms with E-state index in [0.29, 0.717) is 15.9 Å². The monoisotopic (exact) mass is 436 g/mol. The van der Waals surface area contributed by atoms with Crippen LogP contribution in [0.4, 0.5) is 0 Å². The van der Waals surface area contributed by atoms with Crippen LogP contribution in [0.2, 0.25) is 0 Å². The lowest BCUT2D eigenvalue weighted by atomic mass is 10.1. The molecule has 3 aromatic carbocycles. The van der Waals surface area contributed by atoms with Crippen LogP contribution in [0.5, 0.6) is 0 Å². The van der Waals surface area contributed by atoms with Gasteiger partial charge in [0, 0.05) is 11.5 Å². The molecule has 6 heteroatoms. The highest BCUT2D eigenvalue weighted by Gasteiger charge is 2.28. The molecule has 0 spiro atoms. The molecule has 0 saturated carbocycles. The van der Waals surface area contributed by atoms with Gasteiger partial charge in [-0.2, -0.15) is 4.57 Å². The fraction of sp³-hybridized carbons (Fsp3) is 0.125. The van der Waals surface area contributed by atoms with E-state index in [1.54, 1.807) is 12.1 Å². The van der Waals surface area contributed by atoms with Gasteiger partial charge in [-0.25, -0.2) is 12.4 Å². The van der Waals surface area contributed by atoms with Gasteiger partial charge in [-0.15, -0.1) is 0 Å². The summed E-state index contributed by atoms with van der Waals surface area (Å²) in [5.74, 6) is 0. The van der Waals surface area contributed by atoms with Crippen molar-refractivity contribution in [3.8, 4) is 0 Å². The van der Waals surface area contributed by atoms with E-state index in [0.717, 1.165) is 33.9 Å². The van der Waals surface area contributed by atoms with E-state index < -0.39 is 10.0 Å². The molecule has 0 aliphatic rings. The van der Waals surface area contributed by atoms with E-state index in [4.69, 9.17) is 0 Å². The molecule has 0 aliphatic heterocycles. The molecule has 0 atom stereocenters. The molecule has 2 aromatic heterocycles. The summed E-state index contributed by atoms with van der Waals surface area (Å²) in [5.41, 5.74) is 4.46. The third kappa shape index (κ3) is 2.89. The second kappa shape index (κ2) is 7.42. The fourth-order valence-corrected chi connectivity index (χ4v) is 5.66. The number of nitrogens with zero attached hydrogens (tertiary/aromatic N) is 2. The summed E-state index contributed by atoms with van der Waals surface area (Å²) >= 11 is 0. The molecule has 0 fully saturated rings. The summed E-state index contributed by atoms with van der Waals surface area (Å²) in [4.78, 5) is 0.293. The molecular weight excluding hydrogens is 416 g/mol. The third-order valence-electron chi connectivity index (χ3n) is 5.50. The largest absolute Gasteiger partial charge is 1.00 e. The average Bonchev–Trinajstić information content (AvgIpc) is 3.07. The Morgan fingerprint density at radius 1 is 0.867 bits per heavy atom. The highest BCUT2D eigenvalue weighted by Crippen LogP contribution is 2.32. The van der Waals surface area contributed by atoms with Gasteiger partial charge in [0.1, 0.15) is 12.1 Å². The zero-order valence-electron chi connectivity index (χ0n) is 16.7. The molecule has 2 heterocycles. The van der Waals surface area contributed by atoms with E-state index in [-0.39, 0.29) is 12.4 Å². The van der Waals surface area contributed by atoms with Gasteiger partial charge in [0.05, 0.1) is 15.8 Å². The van der Waals surface area contributed by atoms with E-state index in [2.05, 4.69) is 17.6 Å². The van der Waals surface area contributed by atoms with E-state index in [1.165, 1.54) is 3.97 Å². The van der Waals surface area contributed by atoms with Gasteiger partial charge >= 0.3 is 0 Å². The van der Waals surface area contributed by atoms with E-state index in [1.807, 2.05) is 67.6 Å². The second-order valence-electron chi connectivity index (χ2n) is 7.28. The van der Waals surface area contributed by atoms with Crippen LogP contribution in [0, 0.1) is 6.92 Å². The van der Waals surface area contributed by atoms with Crippen LogP contribution in [-0.4, -0.2) is 12.4 Å². The van der Waals surface area contributed by atoms with Crippen LogP contribution < -0.4 is 17.0 Å². The minimum absolute atomic E-state index is 0. The number of halogens is 1. The van der Waals surface area contributed by atoms with Crippen molar-refractivity contribution in [1.82, 2.24) is 3.97 Å². The number of aromatic nitrogens is 2. The molecule has 0 amide bonds. The molecule has 0 radical (unpaired) electrons. The molecule has 4 nitrogen and oxygen atoms in total. The Morgan fingerprint density at radius 3 is 2.27 bits per heavy atom. The molecule has 152 valence electrons. The van der Waals surface area contributed by atoms with E-state index >= 15 is 0 Å². The molecule has 5 rings (SSSR count). The topological polar surface area (TPSA) is 43.0 Å². The molecule has 0 unspecified atom stereocenters. The smallest absolute Gasteiger partial charge is 0.268 e. The van der Waals surface area contributed by atoms with Gasteiger partial charge in [0.2, 0.25) is 11.0 Å². The second-order valence-corrected chi connectivity index (χ2v) is 9.07. The van der Waals surface area contributed by atoms with Crippen LogP contribution in [-0.2, 0) is 16.6 Å². The Kier molecular flexibility index (Phi) is 5.04. The molecule has 0 saturated heterocycles. The standard InChI is InChI=1S/C24H21N2O2S.ClH/c1-3-25-21-10-6-4-8-18(21)16-23-24(25)20-9-5-7-11-22(20)26(23)29(27,28)19-14-12-17(2)13-15-19;/h4-16H,3H2,1-2H3;1H/q+1;/p-1. The first kappa shape index (κ1) is 20.4. The van der Waals surface area contributed by atoms with Gasteiger partial charge < -0.3 is 12.4 Å². The zero-order valence-corrected chi connectivity index (χ0v) is 18.3. The first-order valence-electron chi connectivity index (χ1n) is 9.69. The lowest BCUT2D eigenvalue weighted by Gasteiger charge is -2.09. The zero-order chi connectivity index (χ0) is 20.2. The number of pyridine rings is 1. The van der Waals surface area contributed by atoms with Crippen LogP contribution in [0.1, 0.15) is 12.5 Å². The van der Waals surface area contributed by atoms with Crippen molar-refractivity contribution in [3.05, 3.63) is 84.4 Å². The minimum Gasteiger partial charge on any atom is -1.00 e. The number of rotatable bonds is 3. The Hall–Kier alpha value is -2.89. The number of fused-ring (bicyclic) bond motifs is 4. The molecule has 5 aromatic rings. The summed E-state index contributed by atoms with van der Waals surface area (Å²) < 4.78 is 31.2. The number of hydrogen-bond donors (Lipinski definition) is 0. The summed E-state index contributed by atoms with van der Waals surface area (Å²) in [5, 5.41) is 1.95. The van der Waals surface area contributed by atoms with Gasteiger partial charge in [-0.1, -0.05) is 42.0 Å². The van der Waals surface area contributed by atoms with Gasteiger partial charge in [-0.3, -0.25) is 0 Å². The predicted molar refractivity (Wildman–Crippen MR) is 117 cm³/mol. The number of aryl methyl sites for hydroxylation is 2. The summed E-state index contributed by atoms with van der Waals surface area (Å²) in [6, 6.07) is 24.9. The summed E-state index contributed by atoms with van der Waals surface area (Å²) in [6.07, 6.45) is 0. The van der Waals surface area contributed by atoms with Crippen LogP contribution in [0.3, 0.4) is 0 Å². The van der Waals surface area contributed by atoms with Crippen molar-refractivity contribution in [1.29, 1.82) is 0 Å². The normalized spacial score (nSPS) is 11.8. The van der Waals surface area contributed by atoms with Crippen molar-refractivity contribution in [2.75, 3.05) is 0 Å². The average molecular weight is 437 g/mol. The molecule has 30 heavy (non-hydrogen) atoms. The van der Waals surface area contributed by atoms with Crippen molar-refractivity contribution in [3.63, 3.8) is 0 Å². The van der Waals surface area contributed by atoms with Crippen LogP contribution in [0.25, 0.3) is 32.8 Å². The molecule has 0 aliphatic carbocycles. The summed E-state index contributed by atoms with van der Waals surface area (Å²) in [7, 11) is -3.76. The van der Waals surface area contributed by atoms with Gasteiger partial charge in [0.25, 0.3) is 10.0 Å². The quantitative estimate of drug-likeness (QED) is 0.405. The summed E-state index contributed by atoms with van der Waals surface area (Å²) in [6.45, 7) is 4.79. The van der Waals surface area contributed by atoms with Gasteiger partial charge in [0.15, 0.2) is 0 Å². The lowest BCUT2D eigenvalue weighted by molar-refractivity contribution is -0.640. The Labute approximate surface area is 181 Å². The highest BCUT2D eigenvalue weighted by molar-refractivity contribution is 7.90. The Morgan fingerprint density at radius 2 is 1.53 bits per heavy atom. The van der Waals surface area contributed by atoms with Crippen molar-refractivity contribution in [2.45, 2.75) is 25.3 Å².